The molecule has 3 aromatic carbocycles. The van der Waals surface area contributed by atoms with Gasteiger partial charge in [-0.2, -0.15) is 5.26 Å². The molecule has 1 N–H and O–H groups in total. The van der Waals surface area contributed by atoms with E-state index in [2.05, 4.69) is 11.4 Å². The molecule has 0 spiro atoms. The number of nitrogens with zero attached hydrogens (tertiary/aromatic N) is 3. The van der Waals surface area contributed by atoms with Crippen molar-refractivity contribution in [3.63, 3.8) is 0 Å². The average Bonchev–Trinajstić information content (AvgIpc) is 3.15. The molecule has 4 rings (SSSR count). The molecule has 1 heterocycles. The van der Waals surface area contributed by atoms with Crippen molar-refractivity contribution < 1.29 is 14.3 Å². The Morgan fingerprint density at radius 1 is 0.861 bits per heavy atom. The fraction of sp³-hybridized carbons (Fsp3) is 0.207. The highest BCUT2D eigenvalue weighted by Gasteiger charge is 2.31. The number of anilines is 3. The third-order valence-corrected chi connectivity index (χ3v) is 6.09. The summed E-state index contributed by atoms with van der Waals surface area (Å²) >= 11 is 0. The van der Waals surface area contributed by atoms with Gasteiger partial charge < -0.3 is 19.9 Å². The van der Waals surface area contributed by atoms with Gasteiger partial charge >= 0.3 is 0 Å². The van der Waals surface area contributed by atoms with Gasteiger partial charge in [-0.15, -0.1) is 0 Å². The van der Waals surface area contributed by atoms with Crippen LogP contribution in [0.15, 0.2) is 90.3 Å². The Bertz CT molecular complexity index is 1300. The van der Waals surface area contributed by atoms with Gasteiger partial charge in [-0.25, -0.2) is 0 Å². The summed E-state index contributed by atoms with van der Waals surface area (Å²) in [5.41, 5.74) is 3.58. The second-order valence-electron chi connectivity index (χ2n) is 8.47. The van der Waals surface area contributed by atoms with E-state index in [0.717, 1.165) is 17.8 Å². The third-order valence-electron chi connectivity index (χ3n) is 6.09. The van der Waals surface area contributed by atoms with Crippen molar-refractivity contribution in [1.29, 1.82) is 5.26 Å². The number of nitrogens with one attached hydrogen (secondary N) is 1. The van der Waals surface area contributed by atoms with Crippen molar-refractivity contribution in [2.24, 2.45) is 0 Å². The number of allylic oxidation sites excluding steroid dienone is 1. The van der Waals surface area contributed by atoms with E-state index >= 15 is 0 Å². The fourth-order valence-electron chi connectivity index (χ4n) is 4.24. The zero-order valence-electron chi connectivity index (χ0n) is 20.4. The Kier molecular flexibility index (Phi) is 7.66. The van der Waals surface area contributed by atoms with E-state index in [1.807, 2.05) is 90.6 Å². The normalized spacial score (nSPS) is 12.1. The number of nitriles is 1. The molecular formula is C29H28N4O3. The highest BCUT2D eigenvalue weighted by molar-refractivity contribution is 6.04. The minimum atomic E-state index is -0.374. The highest BCUT2D eigenvalue weighted by Crippen LogP contribution is 2.40. The first kappa shape index (κ1) is 24.6. The summed E-state index contributed by atoms with van der Waals surface area (Å²) in [7, 11) is 3.65. The largest absolute Gasteiger partial charge is 0.491 e. The molecule has 0 atom stereocenters. The van der Waals surface area contributed by atoms with Crippen LogP contribution in [0.25, 0.3) is 0 Å². The first-order valence-electron chi connectivity index (χ1n) is 11.8. The Morgan fingerprint density at radius 2 is 1.47 bits per heavy atom. The predicted molar refractivity (Wildman–Crippen MR) is 141 cm³/mol. The van der Waals surface area contributed by atoms with Crippen molar-refractivity contribution in [2.75, 3.05) is 35.8 Å². The molecule has 7 nitrogen and oxygen atoms in total. The van der Waals surface area contributed by atoms with Crippen molar-refractivity contribution in [1.82, 2.24) is 0 Å². The van der Waals surface area contributed by atoms with Gasteiger partial charge in [0.25, 0.3) is 0 Å². The maximum Gasteiger partial charge on any atom is 0.224 e. The smallest absolute Gasteiger partial charge is 0.224 e. The average molecular weight is 481 g/mol. The Labute approximate surface area is 211 Å². The molecule has 0 saturated heterocycles. The molecule has 36 heavy (non-hydrogen) atoms. The number of carbonyl (C=O) groups is 2. The molecule has 1 aliphatic rings. The lowest BCUT2D eigenvalue weighted by Gasteiger charge is -2.20. The number of carbonyl (C=O) groups excluding carboxylic acids is 2. The topological polar surface area (TPSA) is 85.7 Å². The third kappa shape index (κ3) is 5.39. The van der Waals surface area contributed by atoms with Gasteiger partial charge in [0.15, 0.2) is 5.78 Å². The summed E-state index contributed by atoms with van der Waals surface area (Å²) in [6, 6.07) is 27.0. The molecule has 0 saturated carbocycles. The maximum atomic E-state index is 13.0. The summed E-state index contributed by atoms with van der Waals surface area (Å²) in [6.07, 6.45) is 0.624. The number of ether oxygens (including phenoxy) is 1. The molecule has 3 aromatic rings. The summed E-state index contributed by atoms with van der Waals surface area (Å²) in [5, 5.41) is 12.6. The molecule has 1 aliphatic heterocycles. The van der Waals surface area contributed by atoms with Gasteiger partial charge in [-0.3, -0.25) is 9.59 Å². The van der Waals surface area contributed by atoms with Crippen molar-refractivity contribution in [2.45, 2.75) is 19.3 Å². The van der Waals surface area contributed by atoms with Gasteiger partial charge in [-0.05, 0) is 29.8 Å². The first-order chi connectivity index (χ1) is 17.5. The van der Waals surface area contributed by atoms with E-state index in [1.165, 1.54) is 5.56 Å². The second kappa shape index (κ2) is 11.2. The Balaban J connectivity index is 1.36. The van der Waals surface area contributed by atoms with Crippen LogP contribution in [-0.4, -0.2) is 32.4 Å². The molecule has 182 valence electrons. The molecule has 0 bridgehead atoms. The molecule has 0 radical (unpaired) electrons. The minimum absolute atomic E-state index is 0.0358. The van der Waals surface area contributed by atoms with E-state index in [9.17, 15) is 14.9 Å². The van der Waals surface area contributed by atoms with Crippen LogP contribution in [0.4, 0.5) is 17.1 Å². The van der Waals surface area contributed by atoms with E-state index in [-0.39, 0.29) is 30.1 Å². The van der Waals surface area contributed by atoms with E-state index < -0.39 is 0 Å². The first-order valence-corrected chi connectivity index (χ1v) is 11.8. The Morgan fingerprint density at radius 3 is 2.14 bits per heavy atom. The number of hydrogen-bond acceptors (Lipinski definition) is 6. The standard InChI is InChI=1S/C29H28N4O3/c1-32-24-13-7-8-14-25(24)33(2)29(32)22(20-30)26(34)16-17-28(35)31-23-12-6-9-15-27(23)36-19-18-21-10-4-3-5-11-21/h3-15H,16-19H2,1-2H3,(H,31,35). The lowest BCUT2D eigenvalue weighted by molar-refractivity contribution is -0.120. The molecular weight excluding hydrogens is 452 g/mol. The zero-order chi connectivity index (χ0) is 25.5. The number of benzene rings is 3. The number of amides is 1. The predicted octanol–water partition coefficient (Wildman–Crippen LogP) is 4.92. The van der Waals surface area contributed by atoms with Gasteiger partial charge in [-0.1, -0.05) is 54.6 Å². The van der Waals surface area contributed by atoms with Gasteiger partial charge in [0, 0.05) is 33.4 Å². The van der Waals surface area contributed by atoms with Gasteiger partial charge in [0.2, 0.25) is 5.91 Å². The van der Waals surface area contributed by atoms with Crippen LogP contribution < -0.4 is 19.9 Å². The summed E-state index contributed by atoms with van der Waals surface area (Å²) in [5.74, 6) is 0.392. The van der Waals surface area contributed by atoms with Crippen molar-refractivity contribution in [3.8, 4) is 11.8 Å². The number of Topliss-reactive ketones (excluding diaryl/α,β-unsaturated/α-hetero) is 1. The van der Waals surface area contributed by atoms with Crippen molar-refractivity contribution >= 4 is 28.8 Å². The monoisotopic (exact) mass is 480 g/mol. The van der Waals surface area contributed by atoms with Crippen molar-refractivity contribution in [3.05, 3.63) is 95.8 Å². The minimum Gasteiger partial charge on any atom is -0.491 e. The summed E-state index contributed by atoms with van der Waals surface area (Å²) < 4.78 is 5.90. The van der Waals surface area contributed by atoms with E-state index in [4.69, 9.17) is 4.74 Å². The van der Waals surface area contributed by atoms with Crippen LogP contribution in [0, 0.1) is 11.3 Å². The molecule has 7 heteroatoms. The van der Waals surface area contributed by atoms with Crippen LogP contribution in [0.3, 0.4) is 0 Å². The summed E-state index contributed by atoms with van der Waals surface area (Å²) in [4.78, 5) is 29.3. The van der Waals surface area contributed by atoms with Crippen LogP contribution in [0.5, 0.6) is 5.75 Å². The van der Waals surface area contributed by atoms with Crippen LogP contribution >= 0.6 is 0 Å². The maximum absolute atomic E-state index is 13.0. The lowest BCUT2D eigenvalue weighted by Crippen LogP contribution is -2.26. The molecule has 0 aromatic heterocycles. The summed E-state index contributed by atoms with van der Waals surface area (Å²) in [6.45, 7) is 0.470. The fourth-order valence-corrected chi connectivity index (χ4v) is 4.24. The number of fused-ring (bicyclic) bond motifs is 1. The molecule has 0 aliphatic carbocycles. The number of ketones is 1. The lowest BCUT2D eigenvalue weighted by atomic mass is 10.1. The highest BCUT2D eigenvalue weighted by atomic mass is 16.5. The zero-order valence-corrected chi connectivity index (χ0v) is 20.4. The van der Waals surface area contributed by atoms with Crippen LogP contribution in [0.2, 0.25) is 0 Å². The van der Waals surface area contributed by atoms with E-state index in [1.54, 1.807) is 12.1 Å². The van der Waals surface area contributed by atoms with E-state index in [0.29, 0.717) is 23.9 Å². The quantitative estimate of drug-likeness (QED) is 0.346. The molecule has 0 unspecified atom stereocenters. The number of para-hydroxylation sites is 4. The van der Waals surface area contributed by atoms with Crippen LogP contribution in [-0.2, 0) is 16.0 Å². The molecule has 0 fully saturated rings. The second-order valence-corrected chi connectivity index (χ2v) is 8.47. The number of hydrogen-bond donors (Lipinski definition) is 1. The molecule has 1 amide bonds. The van der Waals surface area contributed by atoms with Gasteiger partial charge in [0.1, 0.15) is 23.2 Å². The van der Waals surface area contributed by atoms with Crippen LogP contribution in [0.1, 0.15) is 18.4 Å². The number of rotatable bonds is 9. The Hall–Kier alpha value is -4.57. The van der Waals surface area contributed by atoms with Gasteiger partial charge in [0.05, 0.1) is 23.7 Å². The SMILES string of the molecule is CN1C(=C(C#N)C(=O)CCC(=O)Nc2ccccc2OCCc2ccccc2)N(C)c2ccccc21.